The van der Waals surface area contributed by atoms with Crippen molar-refractivity contribution in [3.8, 4) is 12.3 Å². The van der Waals surface area contributed by atoms with E-state index in [9.17, 15) is 4.79 Å². The summed E-state index contributed by atoms with van der Waals surface area (Å²) in [5.74, 6) is 3.11. The van der Waals surface area contributed by atoms with Crippen molar-refractivity contribution in [3.63, 3.8) is 0 Å². The Morgan fingerprint density at radius 1 is 0.833 bits per heavy atom. The minimum atomic E-state index is 0.461. The SMILES string of the molecule is C#CCCCCCCC(=O)CCCCCCCC. The molecular weight excluding hydrogens is 220 g/mol. The fourth-order valence-electron chi connectivity index (χ4n) is 2.13. The molecule has 0 bridgehead atoms. The molecule has 0 spiro atoms. The first-order chi connectivity index (χ1) is 8.81. The molecule has 0 unspecified atom stereocenters. The number of carbonyl (C=O) groups is 1. The van der Waals surface area contributed by atoms with Crippen molar-refractivity contribution < 1.29 is 4.79 Å². The van der Waals surface area contributed by atoms with E-state index in [4.69, 9.17) is 6.42 Å². The van der Waals surface area contributed by atoms with E-state index in [1.54, 1.807) is 0 Å². The second-order valence-electron chi connectivity index (χ2n) is 5.17. The highest BCUT2D eigenvalue weighted by Gasteiger charge is 2.01. The van der Waals surface area contributed by atoms with E-state index in [1.807, 2.05) is 0 Å². The number of hydrogen-bond acceptors (Lipinski definition) is 1. The van der Waals surface area contributed by atoms with Crippen LogP contribution < -0.4 is 0 Å². The van der Waals surface area contributed by atoms with Crippen molar-refractivity contribution in [1.82, 2.24) is 0 Å². The maximum absolute atomic E-state index is 11.6. The molecule has 0 saturated carbocycles. The highest BCUT2D eigenvalue weighted by Crippen LogP contribution is 2.10. The Morgan fingerprint density at radius 3 is 1.89 bits per heavy atom. The summed E-state index contributed by atoms with van der Waals surface area (Å²) in [6.45, 7) is 2.23. The van der Waals surface area contributed by atoms with E-state index in [0.717, 1.165) is 44.9 Å². The van der Waals surface area contributed by atoms with Crippen LogP contribution in [0.5, 0.6) is 0 Å². The third kappa shape index (κ3) is 13.3. The number of terminal acetylenes is 1. The molecule has 0 saturated heterocycles. The summed E-state index contributed by atoms with van der Waals surface area (Å²) in [5.41, 5.74) is 0. The molecule has 0 fully saturated rings. The Labute approximate surface area is 114 Å². The Bertz CT molecular complexity index is 224. The summed E-state index contributed by atoms with van der Waals surface area (Å²) in [4.78, 5) is 11.6. The smallest absolute Gasteiger partial charge is 0.132 e. The lowest BCUT2D eigenvalue weighted by Gasteiger charge is -2.02. The summed E-state index contributed by atoms with van der Waals surface area (Å²) >= 11 is 0. The first kappa shape index (κ1) is 17.2. The van der Waals surface area contributed by atoms with E-state index in [2.05, 4.69) is 12.8 Å². The van der Waals surface area contributed by atoms with Crippen LogP contribution in [0.1, 0.15) is 90.4 Å². The van der Waals surface area contributed by atoms with Gasteiger partial charge < -0.3 is 0 Å². The Balaban J connectivity index is 3.15. The van der Waals surface area contributed by atoms with Crippen molar-refractivity contribution >= 4 is 5.78 Å². The topological polar surface area (TPSA) is 17.1 Å². The van der Waals surface area contributed by atoms with Gasteiger partial charge in [-0.15, -0.1) is 12.3 Å². The van der Waals surface area contributed by atoms with Crippen LogP contribution in [0.25, 0.3) is 0 Å². The van der Waals surface area contributed by atoms with Crippen LogP contribution in [-0.4, -0.2) is 5.78 Å². The number of hydrogen-bond donors (Lipinski definition) is 0. The zero-order valence-corrected chi connectivity index (χ0v) is 12.2. The summed E-state index contributed by atoms with van der Waals surface area (Å²) in [5, 5.41) is 0. The molecule has 0 rings (SSSR count). The van der Waals surface area contributed by atoms with Gasteiger partial charge in [-0.05, 0) is 19.3 Å². The predicted molar refractivity (Wildman–Crippen MR) is 79.5 cm³/mol. The Hall–Kier alpha value is -0.770. The molecule has 1 heteroatoms. The fourth-order valence-corrected chi connectivity index (χ4v) is 2.13. The van der Waals surface area contributed by atoms with Crippen LogP contribution >= 0.6 is 0 Å². The van der Waals surface area contributed by atoms with Crippen molar-refractivity contribution in [3.05, 3.63) is 0 Å². The van der Waals surface area contributed by atoms with Gasteiger partial charge in [0.2, 0.25) is 0 Å². The average molecular weight is 250 g/mol. The number of rotatable bonds is 13. The minimum Gasteiger partial charge on any atom is -0.300 e. The second-order valence-corrected chi connectivity index (χ2v) is 5.17. The molecule has 0 aliphatic rings. The Morgan fingerprint density at radius 2 is 1.33 bits per heavy atom. The van der Waals surface area contributed by atoms with Crippen LogP contribution in [0.3, 0.4) is 0 Å². The molecule has 0 amide bonds. The molecular formula is C17H30O. The van der Waals surface area contributed by atoms with E-state index in [0.29, 0.717) is 5.78 Å². The molecule has 18 heavy (non-hydrogen) atoms. The lowest BCUT2D eigenvalue weighted by atomic mass is 10.0. The highest BCUT2D eigenvalue weighted by molar-refractivity contribution is 5.78. The molecule has 104 valence electrons. The van der Waals surface area contributed by atoms with Crippen LogP contribution in [0.4, 0.5) is 0 Å². The van der Waals surface area contributed by atoms with Crippen LogP contribution in [0.15, 0.2) is 0 Å². The molecule has 0 atom stereocenters. The monoisotopic (exact) mass is 250 g/mol. The van der Waals surface area contributed by atoms with Gasteiger partial charge in [0.15, 0.2) is 0 Å². The molecule has 0 aliphatic heterocycles. The van der Waals surface area contributed by atoms with Gasteiger partial charge in [-0.1, -0.05) is 51.9 Å². The molecule has 0 aliphatic carbocycles. The molecule has 0 heterocycles. The van der Waals surface area contributed by atoms with Crippen molar-refractivity contribution in [2.45, 2.75) is 90.4 Å². The van der Waals surface area contributed by atoms with Crippen LogP contribution in [0, 0.1) is 12.3 Å². The maximum atomic E-state index is 11.6. The van der Waals surface area contributed by atoms with Crippen LogP contribution in [0.2, 0.25) is 0 Å². The van der Waals surface area contributed by atoms with Gasteiger partial charge in [-0.25, -0.2) is 0 Å². The maximum Gasteiger partial charge on any atom is 0.132 e. The van der Waals surface area contributed by atoms with Gasteiger partial charge in [-0.2, -0.15) is 0 Å². The van der Waals surface area contributed by atoms with E-state index in [1.165, 1.54) is 38.5 Å². The zero-order chi connectivity index (χ0) is 13.5. The highest BCUT2D eigenvalue weighted by atomic mass is 16.1. The first-order valence-corrected chi connectivity index (χ1v) is 7.76. The average Bonchev–Trinajstić information content (AvgIpc) is 2.38. The van der Waals surface area contributed by atoms with E-state index < -0.39 is 0 Å². The zero-order valence-electron chi connectivity index (χ0n) is 12.2. The summed E-state index contributed by atoms with van der Waals surface area (Å²) < 4.78 is 0. The van der Waals surface area contributed by atoms with Crippen molar-refractivity contribution in [2.75, 3.05) is 0 Å². The number of unbranched alkanes of at least 4 members (excludes halogenated alkanes) is 9. The number of Topliss-reactive ketones (excluding diaryl/α,β-unsaturated/α-hetero) is 1. The molecule has 0 N–H and O–H groups in total. The minimum absolute atomic E-state index is 0.461. The lowest BCUT2D eigenvalue weighted by Crippen LogP contribution is -1.97. The largest absolute Gasteiger partial charge is 0.300 e. The van der Waals surface area contributed by atoms with Gasteiger partial charge in [0.1, 0.15) is 5.78 Å². The first-order valence-electron chi connectivity index (χ1n) is 7.76. The third-order valence-electron chi connectivity index (χ3n) is 3.34. The molecule has 0 aromatic heterocycles. The van der Waals surface area contributed by atoms with Gasteiger partial charge in [0.05, 0.1) is 0 Å². The normalized spacial score (nSPS) is 10.2. The molecule has 0 aromatic rings. The summed E-state index contributed by atoms with van der Waals surface area (Å²) in [6, 6.07) is 0. The quantitative estimate of drug-likeness (QED) is 0.321. The van der Waals surface area contributed by atoms with E-state index >= 15 is 0 Å². The third-order valence-corrected chi connectivity index (χ3v) is 3.34. The molecule has 0 radical (unpaired) electrons. The van der Waals surface area contributed by atoms with Gasteiger partial charge in [0.25, 0.3) is 0 Å². The predicted octanol–water partition coefficient (Wildman–Crippen LogP) is 5.28. The number of carbonyl (C=O) groups excluding carboxylic acids is 1. The standard InChI is InChI=1S/C17H30O/c1-3-5-7-9-11-13-15-17(18)16-14-12-10-8-6-4-2/h1H,4-16H2,2H3. The van der Waals surface area contributed by atoms with Crippen molar-refractivity contribution in [1.29, 1.82) is 0 Å². The van der Waals surface area contributed by atoms with Gasteiger partial charge in [0, 0.05) is 19.3 Å². The van der Waals surface area contributed by atoms with Gasteiger partial charge in [-0.3, -0.25) is 4.79 Å². The van der Waals surface area contributed by atoms with Crippen molar-refractivity contribution in [2.24, 2.45) is 0 Å². The molecule has 0 aromatic carbocycles. The summed E-state index contributed by atoms with van der Waals surface area (Å²) in [6.07, 6.45) is 19.7. The van der Waals surface area contributed by atoms with Gasteiger partial charge >= 0.3 is 0 Å². The van der Waals surface area contributed by atoms with E-state index in [-0.39, 0.29) is 0 Å². The van der Waals surface area contributed by atoms with Crippen LogP contribution in [-0.2, 0) is 4.79 Å². The number of ketones is 1. The second kappa shape index (κ2) is 14.3. The fraction of sp³-hybridized carbons (Fsp3) is 0.824. The Kier molecular flexibility index (Phi) is 13.7. The summed E-state index contributed by atoms with van der Waals surface area (Å²) in [7, 11) is 0. The molecule has 1 nitrogen and oxygen atoms in total. The lowest BCUT2D eigenvalue weighted by molar-refractivity contribution is -0.119.